The molecular weight excluding hydrogens is 407 g/mol. The van der Waals surface area contributed by atoms with Gasteiger partial charge in [0.1, 0.15) is 0 Å². The first-order chi connectivity index (χ1) is 12.8. The van der Waals surface area contributed by atoms with E-state index in [1.807, 2.05) is 0 Å². The third-order valence-corrected chi connectivity index (χ3v) is 5.40. The van der Waals surface area contributed by atoms with Crippen LogP contribution in [0.2, 0.25) is 10.0 Å². The zero-order valence-corrected chi connectivity index (χ0v) is 16.5. The van der Waals surface area contributed by atoms with Crippen LogP contribution in [-0.4, -0.2) is 22.0 Å². The second-order valence-corrected chi connectivity index (χ2v) is 7.58. The van der Waals surface area contributed by atoms with Gasteiger partial charge in [0.05, 0.1) is 11.4 Å². The summed E-state index contributed by atoms with van der Waals surface area (Å²) in [6.07, 6.45) is 1.64. The summed E-state index contributed by atoms with van der Waals surface area (Å²) in [6, 6.07) is 12.0. The topological polar surface area (TPSA) is 66.5 Å². The summed E-state index contributed by atoms with van der Waals surface area (Å²) in [5.74, 6) is -0.561. The number of nitrogens with zero attached hydrogens (tertiary/aromatic N) is 1. The average Bonchev–Trinajstić information content (AvgIpc) is 2.86. The van der Waals surface area contributed by atoms with Gasteiger partial charge in [-0.2, -0.15) is 0 Å². The Hall–Kier alpha value is -2.28. The second-order valence-electron chi connectivity index (χ2n) is 5.77. The Bertz CT molecular complexity index is 938. The van der Waals surface area contributed by atoms with Crippen LogP contribution in [0.5, 0.6) is 0 Å². The van der Waals surface area contributed by atoms with Gasteiger partial charge < -0.3 is 5.32 Å². The van der Waals surface area contributed by atoms with Crippen molar-refractivity contribution in [1.82, 2.24) is 4.90 Å². The zero-order chi connectivity index (χ0) is 19.6. The molecule has 27 heavy (non-hydrogen) atoms. The molecule has 0 aromatic heterocycles. The number of benzene rings is 2. The molecular formula is C19H14Cl2N2O3S. The Labute approximate surface area is 170 Å². The predicted molar refractivity (Wildman–Crippen MR) is 109 cm³/mol. The molecule has 1 aliphatic rings. The first kappa shape index (κ1) is 19.5. The van der Waals surface area contributed by atoms with Crippen LogP contribution >= 0.6 is 35.0 Å². The lowest BCUT2D eigenvalue weighted by Crippen LogP contribution is -2.27. The van der Waals surface area contributed by atoms with Gasteiger partial charge in [-0.25, -0.2) is 0 Å². The maximum Gasteiger partial charge on any atom is 0.293 e. The number of hydrogen-bond acceptors (Lipinski definition) is 4. The van der Waals surface area contributed by atoms with Crippen molar-refractivity contribution in [2.45, 2.75) is 13.5 Å². The van der Waals surface area contributed by atoms with Crippen molar-refractivity contribution in [3.8, 4) is 0 Å². The molecule has 0 spiro atoms. The highest BCUT2D eigenvalue weighted by Gasteiger charge is 2.35. The van der Waals surface area contributed by atoms with E-state index in [0.717, 1.165) is 22.2 Å². The highest BCUT2D eigenvalue weighted by atomic mass is 35.5. The summed E-state index contributed by atoms with van der Waals surface area (Å²) in [6.45, 7) is 1.44. The molecule has 2 aromatic carbocycles. The summed E-state index contributed by atoms with van der Waals surface area (Å²) >= 11 is 13.1. The van der Waals surface area contributed by atoms with Crippen LogP contribution in [0.4, 0.5) is 10.5 Å². The van der Waals surface area contributed by atoms with Gasteiger partial charge in [-0.3, -0.25) is 19.3 Å². The van der Waals surface area contributed by atoms with Crippen molar-refractivity contribution >= 4 is 63.8 Å². The number of halogens is 2. The summed E-state index contributed by atoms with van der Waals surface area (Å²) in [4.78, 5) is 37.4. The number of nitrogens with one attached hydrogen (secondary N) is 1. The Morgan fingerprint density at radius 3 is 2.33 bits per heavy atom. The van der Waals surface area contributed by atoms with Crippen molar-refractivity contribution in [1.29, 1.82) is 0 Å². The van der Waals surface area contributed by atoms with Crippen LogP contribution in [0.3, 0.4) is 0 Å². The molecule has 1 fully saturated rings. The monoisotopic (exact) mass is 420 g/mol. The summed E-state index contributed by atoms with van der Waals surface area (Å²) in [5.41, 5.74) is 1.93. The van der Waals surface area contributed by atoms with Gasteiger partial charge in [-0.1, -0.05) is 41.4 Å². The van der Waals surface area contributed by atoms with Gasteiger partial charge in [0.15, 0.2) is 0 Å². The fourth-order valence-corrected chi connectivity index (χ4v) is 3.85. The molecule has 1 saturated heterocycles. The van der Waals surface area contributed by atoms with Crippen LogP contribution in [-0.2, 0) is 16.1 Å². The maximum absolute atomic E-state index is 12.6. The van der Waals surface area contributed by atoms with Crippen LogP contribution in [0.25, 0.3) is 6.08 Å². The first-order valence-electron chi connectivity index (χ1n) is 7.91. The van der Waals surface area contributed by atoms with Crippen molar-refractivity contribution in [2.75, 3.05) is 5.32 Å². The minimum absolute atomic E-state index is 0.0159. The molecule has 0 unspecified atom stereocenters. The molecule has 3 rings (SSSR count). The van der Waals surface area contributed by atoms with E-state index >= 15 is 0 Å². The minimum atomic E-state index is -0.396. The summed E-state index contributed by atoms with van der Waals surface area (Å²) in [7, 11) is 0. The van der Waals surface area contributed by atoms with Crippen molar-refractivity contribution < 1.29 is 14.4 Å². The number of amides is 3. The van der Waals surface area contributed by atoms with E-state index in [-0.39, 0.29) is 17.7 Å². The molecule has 2 aromatic rings. The van der Waals surface area contributed by atoms with Gasteiger partial charge >= 0.3 is 0 Å². The third kappa shape index (κ3) is 4.53. The lowest BCUT2D eigenvalue weighted by atomic mass is 10.2. The van der Waals surface area contributed by atoms with E-state index in [0.29, 0.717) is 26.2 Å². The summed E-state index contributed by atoms with van der Waals surface area (Å²) < 4.78 is 0. The lowest BCUT2D eigenvalue weighted by Gasteiger charge is -2.14. The van der Waals surface area contributed by atoms with E-state index in [1.165, 1.54) is 6.92 Å². The molecule has 0 radical (unpaired) electrons. The Morgan fingerprint density at radius 1 is 1.11 bits per heavy atom. The number of hydrogen-bond donors (Lipinski definition) is 1. The molecule has 5 nitrogen and oxygen atoms in total. The van der Waals surface area contributed by atoms with Gasteiger partial charge in [0, 0.05) is 28.2 Å². The molecule has 0 aliphatic carbocycles. The molecule has 1 aliphatic heterocycles. The number of imide groups is 1. The molecule has 0 atom stereocenters. The molecule has 1 N–H and O–H groups in total. The average molecular weight is 421 g/mol. The Morgan fingerprint density at radius 2 is 1.74 bits per heavy atom. The number of anilines is 1. The first-order valence-corrected chi connectivity index (χ1v) is 9.48. The van der Waals surface area contributed by atoms with E-state index < -0.39 is 5.91 Å². The normalized spacial score (nSPS) is 15.5. The van der Waals surface area contributed by atoms with Crippen molar-refractivity contribution in [3.63, 3.8) is 0 Å². The number of carbonyl (C=O) groups excluding carboxylic acids is 3. The molecule has 3 amide bonds. The molecule has 0 bridgehead atoms. The zero-order valence-electron chi connectivity index (χ0n) is 14.2. The molecule has 0 saturated carbocycles. The third-order valence-electron chi connectivity index (χ3n) is 3.78. The van der Waals surface area contributed by atoms with Crippen LogP contribution in [0.15, 0.2) is 47.4 Å². The number of thioether (sulfide) groups is 1. The molecule has 1 heterocycles. The van der Waals surface area contributed by atoms with E-state index in [1.54, 1.807) is 48.5 Å². The maximum atomic E-state index is 12.6. The lowest BCUT2D eigenvalue weighted by molar-refractivity contribution is -0.123. The van der Waals surface area contributed by atoms with Crippen molar-refractivity contribution in [2.24, 2.45) is 0 Å². The quantitative estimate of drug-likeness (QED) is 0.691. The van der Waals surface area contributed by atoms with Crippen LogP contribution in [0.1, 0.15) is 18.1 Å². The van der Waals surface area contributed by atoms with Gasteiger partial charge in [0.2, 0.25) is 5.91 Å². The number of rotatable bonds is 4. The van der Waals surface area contributed by atoms with Gasteiger partial charge in [-0.15, -0.1) is 0 Å². The Kier molecular flexibility index (Phi) is 5.89. The fourth-order valence-electron chi connectivity index (χ4n) is 2.50. The highest BCUT2D eigenvalue weighted by Crippen LogP contribution is 2.35. The smallest absolute Gasteiger partial charge is 0.293 e. The standard InChI is InChI=1S/C19H14Cl2N2O3S/c1-11(24)22-13-7-5-12(6-8-13)9-17-18(25)23(19(26)27-17)10-14-15(20)3-2-4-16(14)21/h2-9H,10H2,1H3,(H,22,24)/b17-9-. The summed E-state index contributed by atoms with van der Waals surface area (Å²) in [5, 5.41) is 3.09. The van der Waals surface area contributed by atoms with E-state index in [2.05, 4.69) is 5.32 Å². The molecule has 138 valence electrons. The largest absolute Gasteiger partial charge is 0.326 e. The van der Waals surface area contributed by atoms with Crippen LogP contribution < -0.4 is 5.32 Å². The number of carbonyl (C=O) groups is 3. The SMILES string of the molecule is CC(=O)Nc1ccc(/C=C2\SC(=O)N(Cc3c(Cl)cccc3Cl)C2=O)cc1. The molecule has 8 heteroatoms. The predicted octanol–water partition coefficient (Wildman–Crippen LogP) is 5.19. The Balaban J connectivity index is 1.79. The van der Waals surface area contributed by atoms with E-state index in [4.69, 9.17) is 23.2 Å². The van der Waals surface area contributed by atoms with Crippen molar-refractivity contribution in [3.05, 3.63) is 68.5 Å². The van der Waals surface area contributed by atoms with Crippen LogP contribution in [0, 0.1) is 0 Å². The van der Waals surface area contributed by atoms with Gasteiger partial charge in [0.25, 0.3) is 11.1 Å². The highest BCUT2D eigenvalue weighted by molar-refractivity contribution is 8.18. The van der Waals surface area contributed by atoms with E-state index in [9.17, 15) is 14.4 Å². The van der Waals surface area contributed by atoms with Gasteiger partial charge in [-0.05, 0) is 47.7 Å². The fraction of sp³-hybridized carbons (Fsp3) is 0.105. The minimum Gasteiger partial charge on any atom is -0.326 e. The second kappa shape index (κ2) is 8.17.